The van der Waals surface area contributed by atoms with Crippen molar-refractivity contribution in [3.05, 3.63) is 28.8 Å². The highest BCUT2D eigenvalue weighted by atomic mass is 32.1. The van der Waals surface area contributed by atoms with E-state index in [2.05, 4.69) is 0 Å². The highest BCUT2D eigenvalue weighted by molar-refractivity contribution is 7.80. The molecule has 0 spiro atoms. The Labute approximate surface area is 148 Å². The van der Waals surface area contributed by atoms with Crippen molar-refractivity contribution in [3.8, 4) is 5.75 Å². The van der Waals surface area contributed by atoms with Gasteiger partial charge < -0.3 is 9.64 Å². The lowest BCUT2D eigenvalue weighted by Crippen LogP contribution is -2.57. The third-order valence-corrected chi connectivity index (χ3v) is 4.61. The lowest BCUT2D eigenvalue weighted by Gasteiger charge is -2.41. The number of aryl methyl sites for hydroxylation is 1. The average Bonchev–Trinajstić information content (AvgIpc) is 2.52. The van der Waals surface area contributed by atoms with E-state index in [0.717, 1.165) is 6.07 Å². The monoisotopic (exact) mass is 376 g/mol. The maximum absolute atomic E-state index is 13.4. The second kappa shape index (κ2) is 7.57. The quantitative estimate of drug-likeness (QED) is 0.470. The summed E-state index contributed by atoms with van der Waals surface area (Å²) in [5.74, 6) is -0.832. The number of hydrogen-bond donors (Lipinski definition) is 2. The predicted octanol–water partition coefficient (Wildman–Crippen LogP) is 2.92. The molecule has 1 fully saturated rings. The first-order valence-electron chi connectivity index (χ1n) is 7.77. The van der Waals surface area contributed by atoms with Crippen LogP contribution in [0.4, 0.5) is 13.2 Å². The van der Waals surface area contributed by atoms with Gasteiger partial charge in [-0.25, -0.2) is 5.48 Å². The van der Waals surface area contributed by atoms with Gasteiger partial charge in [-0.15, -0.1) is 0 Å². The number of likely N-dealkylation sites (tertiary alicyclic amines) is 1. The summed E-state index contributed by atoms with van der Waals surface area (Å²) in [5.41, 5.74) is 1.29. The molecular weight excluding hydrogens is 357 g/mol. The topological polar surface area (TPSA) is 61.8 Å². The molecule has 9 heteroatoms. The molecule has 1 saturated heterocycles. The third kappa shape index (κ3) is 3.87. The van der Waals surface area contributed by atoms with E-state index in [4.69, 9.17) is 22.2 Å². The molecule has 1 heterocycles. The number of hydroxylamine groups is 1. The summed E-state index contributed by atoms with van der Waals surface area (Å²) in [6.45, 7) is 2.29. The van der Waals surface area contributed by atoms with E-state index in [1.807, 2.05) is 6.92 Å². The second-order valence-corrected chi connectivity index (χ2v) is 6.13. The summed E-state index contributed by atoms with van der Waals surface area (Å²) in [7, 11) is 1.21. The summed E-state index contributed by atoms with van der Waals surface area (Å²) in [5, 5.41) is 8.74. The lowest BCUT2D eigenvalue weighted by molar-refractivity contribution is -0.139. The Hall–Kier alpha value is -1.87. The molecular formula is C16H19F3N2O3S. The number of thiocarbonyl (C=S) groups is 1. The molecule has 1 aliphatic rings. The number of halogens is 3. The van der Waals surface area contributed by atoms with Crippen LogP contribution < -0.4 is 10.2 Å². The van der Waals surface area contributed by atoms with E-state index in [9.17, 15) is 18.0 Å². The normalized spacial score (nSPS) is 17.0. The van der Waals surface area contributed by atoms with Gasteiger partial charge in [-0.1, -0.05) is 25.6 Å². The highest BCUT2D eigenvalue weighted by Crippen LogP contribution is 2.40. The fourth-order valence-corrected chi connectivity index (χ4v) is 3.20. The number of nitrogens with zero attached hydrogens (tertiary/aromatic N) is 1. The number of carbonyl (C=O) groups is 1. The largest absolute Gasteiger partial charge is 0.496 e. The predicted molar refractivity (Wildman–Crippen MR) is 88.7 cm³/mol. The van der Waals surface area contributed by atoms with Crippen LogP contribution >= 0.6 is 12.2 Å². The van der Waals surface area contributed by atoms with Gasteiger partial charge in [-0.2, -0.15) is 13.2 Å². The minimum Gasteiger partial charge on any atom is -0.496 e. The van der Waals surface area contributed by atoms with Crippen LogP contribution in [0.5, 0.6) is 5.75 Å². The molecule has 138 valence electrons. The minimum atomic E-state index is -4.59. The Morgan fingerprint density at radius 2 is 2.16 bits per heavy atom. The van der Waals surface area contributed by atoms with Crippen LogP contribution in [0.3, 0.4) is 0 Å². The molecule has 1 amide bonds. The number of hydrogen-bond acceptors (Lipinski definition) is 4. The number of methoxy groups -OCH3 is 1. The molecule has 0 aliphatic carbocycles. The van der Waals surface area contributed by atoms with Crippen LogP contribution in [0.1, 0.15) is 36.5 Å². The Morgan fingerprint density at radius 1 is 1.48 bits per heavy atom. The molecule has 1 aromatic carbocycles. The number of carbonyl (C=O) groups excluding carboxylic acids is 1. The van der Waals surface area contributed by atoms with Crippen LogP contribution in [0, 0.1) is 0 Å². The number of alkyl halides is 3. The highest BCUT2D eigenvalue weighted by Gasteiger charge is 2.39. The van der Waals surface area contributed by atoms with E-state index in [0.29, 0.717) is 31.4 Å². The van der Waals surface area contributed by atoms with Crippen LogP contribution in [0.2, 0.25) is 0 Å². The Balaban J connectivity index is 2.45. The van der Waals surface area contributed by atoms with Crippen LogP contribution in [0.15, 0.2) is 12.1 Å². The minimum absolute atomic E-state index is 0.144. The summed E-state index contributed by atoms with van der Waals surface area (Å²) >= 11 is 5.30. The summed E-state index contributed by atoms with van der Waals surface area (Å²) < 4.78 is 45.3. The number of benzene rings is 1. The fraction of sp³-hybridized carbons (Fsp3) is 0.500. The van der Waals surface area contributed by atoms with Gasteiger partial charge >= 0.3 is 6.18 Å². The zero-order valence-electron chi connectivity index (χ0n) is 13.8. The number of ether oxygens (including phenoxy) is 1. The van der Waals surface area contributed by atoms with Crippen molar-refractivity contribution in [2.24, 2.45) is 0 Å². The first-order chi connectivity index (χ1) is 11.7. The summed E-state index contributed by atoms with van der Waals surface area (Å²) in [6, 6.07) is 1.85. The van der Waals surface area contributed by atoms with Crippen molar-refractivity contribution in [1.29, 1.82) is 0 Å². The molecule has 0 saturated carbocycles. The molecule has 0 aromatic heterocycles. The van der Waals surface area contributed by atoms with Crippen LogP contribution in [-0.2, 0) is 17.4 Å². The van der Waals surface area contributed by atoms with Gasteiger partial charge in [0.15, 0.2) is 0 Å². The van der Waals surface area contributed by atoms with Crippen molar-refractivity contribution < 1.29 is 27.9 Å². The van der Waals surface area contributed by atoms with E-state index in [1.165, 1.54) is 12.0 Å². The smallest absolute Gasteiger partial charge is 0.419 e. The molecule has 2 N–H and O–H groups in total. The first kappa shape index (κ1) is 19.5. The molecule has 25 heavy (non-hydrogen) atoms. The zero-order valence-corrected chi connectivity index (χ0v) is 14.6. The van der Waals surface area contributed by atoms with Gasteiger partial charge in [-0.3, -0.25) is 10.0 Å². The summed E-state index contributed by atoms with van der Waals surface area (Å²) in [6.07, 6.45) is -3.07. The third-order valence-electron chi connectivity index (χ3n) is 4.14. The van der Waals surface area contributed by atoms with Crippen molar-refractivity contribution in [2.75, 3.05) is 13.7 Å². The van der Waals surface area contributed by atoms with Gasteiger partial charge in [0, 0.05) is 12.1 Å². The molecule has 1 aliphatic heterocycles. The maximum atomic E-state index is 13.4. The van der Waals surface area contributed by atoms with Gasteiger partial charge in [0.1, 0.15) is 16.8 Å². The zero-order chi connectivity index (χ0) is 18.8. The fourth-order valence-electron chi connectivity index (χ4n) is 2.86. The molecule has 0 bridgehead atoms. The van der Waals surface area contributed by atoms with Gasteiger partial charge in [0.25, 0.3) is 5.91 Å². The van der Waals surface area contributed by atoms with Crippen molar-refractivity contribution in [1.82, 2.24) is 10.4 Å². The number of nitrogens with one attached hydrogen (secondary N) is 1. The summed E-state index contributed by atoms with van der Waals surface area (Å²) in [4.78, 5) is 13.2. The van der Waals surface area contributed by atoms with Crippen molar-refractivity contribution in [2.45, 2.75) is 38.4 Å². The Morgan fingerprint density at radius 3 is 2.60 bits per heavy atom. The van der Waals surface area contributed by atoms with Gasteiger partial charge in [0.2, 0.25) is 0 Å². The lowest BCUT2D eigenvalue weighted by atomic mass is 9.97. The molecule has 2 rings (SSSR count). The molecule has 0 radical (unpaired) electrons. The van der Waals surface area contributed by atoms with Crippen molar-refractivity contribution in [3.63, 3.8) is 0 Å². The average molecular weight is 376 g/mol. The van der Waals surface area contributed by atoms with Crippen molar-refractivity contribution >= 4 is 23.1 Å². The van der Waals surface area contributed by atoms with Gasteiger partial charge in [0.05, 0.1) is 12.7 Å². The van der Waals surface area contributed by atoms with E-state index < -0.39 is 23.7 Å². The van der Waals surface area contributed by atoms with Crippen LogP contribution in [-0.4, -0.2) is 40.7 Å². The molecule has 1 aromatic rings. The Bertz CT molecular complexity index is 679. The number of amides is 1. The van der Waals surface area contributed by atoms with E-state index >= 15 is 0 Å². The SMILES string of the molecule is CCCc1cc(C(=S)N2CCC2C(=O)NO)cc(C(F)(F)F)c1OC. The van der Waals surface area contributed by atoms with E-state index in [1.54, 1.807) is 11.5 Å². The van der Waals surface area contributed by atoms with E-state index in [-0.39, 0.29) is 16.3 Å². The Kier molecular flexibility index (Phi) is 5.89. The second-order valence-electron chi connectivity index (χ2n) is 5.74. The van der Waals surface area contributed by atoms with Crippen LogP contribution in [0.25, 0.3) is 0 Å². The number of rotatable bonds is 5. The first-order valence-corrected chi connectivity index (χ1v) is 8.18. The standard InChI is InChI=1S/C16H19F3N2O3S/c1-3-4-9-7-10(8-11(13(9)24-2)16(17,18)19)15(25)21-6-5-12(21)14(22)20-23/h7-8,12,23H,3-6H2,1-2H3,(H,20,22). The van der Waals surface area contributed by atoms with Gasteiger partial charge in [-0.05, 0) is 30.5 Å². The maximum Gasteiger partial charge on any atom is 0.419 e. The molecule has 5 nitrogen and oxygen atoms in total. The molecule has 1 atom stereocenters. The molecule has 1 unspecified atom stereocenters.